The number of nitrogens with zero attached hydrogens (tertiary/aromatic N) is 3. The van der Waals surface area contributed by atoms with Crippen LogP contribution in [0.4, 0.5) is 5.69 Å². The number of fused-ring (bicyclic) bond motifs is 2. The Morgan fingerprint density at radius 3 is 2.74 bits per heavy atom. The smallest absolute Gasteiger partial charge is 0.322 e. The molecule has 0 bridgehead atoms. The van der Waals surface area contributed by atoms with Crippen molar-refractivity contribution in [2.24, 2.45) is 0 Å². The van der Waals surface area contributed by atoms with E-state index in [-0.39, 0.29) is 5.41 Å². The van der Waals surface area contributed by atoms with E-state index >= 15 is 0 Å². The van der Waals surface area contributed by atoms with Gasteiger partial charge < -0.3 is 14.8 Å². The topological polar surface area (TPSA) is 69.2 Å². The molecule has 6 heteroatoms. The number of ether oxygens (including phenoxy) is 2. The van der Waals surface area contributed by atoms with Crippen LogP contribution in [0.5, 0.6) is 17.5 Å². The standard InChI is InChI=1S/C25H24N4O2/c1-16-20-10-11-26-14-22(20)29-24(28-16)31-19-7-5-18(6-8-19)27-13-17-4-9-21-23(12-17)30-15-25(21,2)3/h4-12,14,27H,13,15H2,1-3H3. The third kappa shape index (κ3) is 3.89. The van der Waals surface area contributed by atoms with Crippen molar-refractivity contribution in [2.75, 3.05) is 11.9 Å². The summed E-state index contributed by atoms with van der Waals surface area (Å²) in [6, 6.07) is 16.5. The van der Waals surface area contributed by atoms with Crippen LogP contribution in [0.15, 0.2) is 60.9 Å². The Labute approximate surface area is 181 Å². The zero-order valence-corrected chi connectivity index (χ0v) is 17.8. The molecule has 0 spiro atoms. The maximum absolute atomic E-state index is 5.86. The molecule has 0 amide bonds. The molecule has 2 aromatic carbocycles. The Hall–Kier alpha value is -3.67. The lowest BCUT2D eigenvalue weighted by Crippen LogP contribution is -2.18. The van der Waals surface area contributed by atoms with E-state index in [9.17, 15) is 0 Å². The average molecular weight is 412 g/mol. The summed E-state index contributed by atoms with van der Waals surface area (Å²) in [5.74, 6) is 1.68. The molecular weight excluding hydrogens is 388 g/mol. The molecule has 156 valence electrons. The first kappa shape index (κ1) is 19.3. The van der Waals surface area contributed by atoms with Gasteiger partial charge in [0.1, 0.15) is 11.5 Å². The Bertz CT molecular complexity index is 1250. The van der Waals surface area contributed by atoms with Crippen molar-refractivity contribution >= 4 is 16.6 Å². The van der Waals surface area contributed by atoms with Gasteiger partial charge >= 0.3 is 6.01 Å². The summed E-state index contributed by atoms with van der Waals surface area (Å²) in [5.41, 5.74) is 5.19. The molecule has 1 aliphatic rings. The molecule has 31 heavy (non-hydrogen) atoms. The monoisotopic (exact) mass is 412 g/mol. The Balaban J connectivity index is 1.25. The zero-order chi connectivity index (χ0) is 21.4. The number of hydrogen-bond donors (Lipinski definition) is 1. The zero-order valence-electron chi connectivity index (χ0n) is 17.8. The van der Waals surface area contributed by atoms with Gasteiger partial charge in [-0.3, -0.25) is 4.98 Å². The lowest BCUT2D eigenvalue weighted by atomic mass is 9.86. The highest BCUT2D eigenvalue weighted by atomic mass is 16.5. The van der Waals surface area contributed by atoms with Crippen LogP contribution in [0.3, 0.4) is 0 Å². The number of benzene rings is 2. The minimum atomic E-state index is 0.0843. The van der Waals surface area contributed by atoms with E-state index in [1.165, 1.54) is 11.1 Å². The van der Waals surface area contributed by atoms with Crippen LogP contribution in [0.2, 0.25) is 0 Å². The van der Waals surface area contributed by atoms with Gasteiger partial charge in [-0.15, -0.1) is 0 Å². The largest absolute Gasteiger partial charge is 0.492 e. The number of aromatic nitrogens is 3. The van der Waals surface area contributed by atoms with Gasteiger partial charge in [-0.05, 0) is 48.9 Å². The summed E-state index contributed by atoms with van der Waals surface area (Å²) in [5, 5.41) is 4.42. The molecule has 0 radical (unpaired) electrons. The number of aryl methyl sites for hydroxylation is 1. The maximum Gasteiger partial charge on any atom is 0.322 e. The van der Waals surface area contributed by atoms with Crippen molar-refractivity contribution in [3.8, 4) is 17.5 Å². The van der Waals surface area contributed by atoms with Gasteiger partial charge in [0.25, 0.3) is 0 Å². The Morgan fingerprint density at radius 2 is 1.90 bits per heavy atom. The van der Waals surface area contributed by atoms with E-state index in [1.807, 2.05) is 37.3 Å². The molecule has 0 saturated carbocycles. The third-order valence-electron chi connectivity index (χ3n) is 5.59. The highest BCUT2D eigenvalue weighted by Crippen LogP contribution is 2.38. The highest BCUT2D eigenvalue weighted by molar-refractivity contribution is 5.79. The molecule has 0 fully saturated rings. The van der Waals surface area contributed by atoms with Crippen LogP contribution in [0, 0.1) is 6.92 Å². The van der Waals surface area contributed by atoms with E-state index < -0.39 is 0 Å². The molecule has 4 aromatic rings. The normalized spacial score (nSPS) is 14.2. The van der Waals surface area contributed by atoms with Gasteiger partial charge in [0.05, 0.1) is 24.0 Å². The van der Waals surface area contributed by atoms with E-state index in [0.717, 1.165) is 41.2 Å². The number of nitrogens with one attached hydrogen (secondary N) is 1. The predicted octanol–water partition coefficient (Wildman–Crippen LogP) is 5.41. The molecule has 1 N–H and O–H groups in total. The van der Waals surface area contributed by atoms with Gasteiger partial charge in [-0.25, -0.2) is 0 Å². The van der Waals surface area contributed by atoms with Crippen LogP contribution in [0.25, 0.3) is 10.9 Å². The quantitative estimate of drug-likeness (QED) is 0.473. The van der Waals surface area contributed by atoms with Crippen LogP contribution in [-0.2, 0) is 12.0 Å². The first-order valence-corrected chi connectivity index (χ1v) is 10.3. The number of hydrogen-bond acceptors (Lipinski definition) is 6. The highest BCUT2D eigenvalue weighted by Gasteiger charge is 2.31. The van der Waals surface area contributed by atoms with Crippen molar-refractivity contribution in [1.82, 2.24) is 15.0 Å². The summed E-state index contributed by atoms with van der Waals surface area (Å²) in [6.45, 7) is 7.81. The third-order valence-corrected chi connectivity index (χ3v) is 5.59. The summed E-state index contributed by atoms with van der Waals surface area (Å²) >= 11 is 0. The van der Waals surface area contributed by atoms with E-state index in [2.05, 4.69) is 52.3 Å². The molecule has 5 rings (SSSR count). The Kier molecular flexibility index (Phi) is 4.70. The number of rotatable bonds is 5. The van der Waals surface area contributed by atoms with E-state index in [4.69, 9.17) is 9.47 Å². The lowest BCUT2D eigenvalue weighted by molar-refractivity contribution is 0.291. The van der Waals surface area contributed by atoms with Gasteiger partial charge in [0.15, 0.2) is 0 Å². The van der Waals surface area contributed by atoms with Crippen LogP contribution >= 0.6 is 0 Å². The van der Waals surface area contributed by atoms with Gasteiger partial charge in [-0.2, -0.15) is 9.97 Å². The molecule has 1 aliphatic heterocycles. The number of pyridine rings is 1. The molecule has 0 saturated heterocycles. The Morgan fingerprint density at radius 1 is 1.06 bits per heavy atom. The summed E-state index contributed by atoms with van der Waals surface area (Å²) in [6.07, 6.45) is 3.45. The average Bonchev–Trinajstić information content (AvgIpc) is 3.07. The SMILES string of the molecule is Cc1nc(Oc2ccc(NCc3ccc4c(c3)OCC4(C)C)cc2)nc2cnccc12. The van der Waals surface area contributed by atoms with Crippen molar-refractivity contribution in [3.05, 3.63) is 77.7 Å². The predicted molar refractivity (Wildman–Crippen MR) is 121 cm³/mol. The second-order valence-corrected chi connectivity index (χ2v) is 8.47. The van der Waals surface area contributed by atoms with Crippen molar-refractivity contribution in [2.45, 2.75) is 32.7 Å². The van der Waals surface area contributed by atoms with Gasteiger partial charge in [-0.1, -0.05) is 26.0 Å². The molecule has 2 aromatic heterocycles. The van der Waals surface area contributed by atoms with Crippen molar-refractivity contribution < 1.29 is 9.47 Å². The molecule has 6 nitrogen and oxygen atoms in total. The minimum absolute atomic E-state index is 0.0843. The molecule has 0 unspecified atom stereocenters. The fraction of sp³-hybridized carbons (Fsp3) is 0.240. The maximum atomic E-state index is 5.86. The van der Waals surface area contributed by atoms with Crippen LogP contribution < -0.4 is 14.8 Å². The van der Waals surface area contributed by atoms with Gasteiger partial charge in [0, 0.05) is 34.8 Å². The number of anilines is 1. The molecule has 3 heterocycles. The second kappa shape index (κ2) is 7.54. The van der Waals surface area contributed by atoms with Crippen molar-refractivity contribution in [1.29, 1.82) is 0 Å². The first-order chi connectivity index (χ1) is 15.0. The fourth-order valence-electron chi connectivity index (χ4n) is 3.80. The van der Waals surface area contributed by atoms with Crippen LogP contribution in [-0.4, -0.2) is 21.6 Å². The van der Waals surface area contributed by atoms with Gasteiger partial charge in [0.2, 0.25) is 0 Å². The second-order valence-electron chi connectivity index (χ2n) is 8.47. The summed E-state index contributed by atoms with van der Waals surface area (Å²) in [7, 11) is 0. The molecular formula is C25H24N4O2. The molecule has 0 atom stereocenters. The fourth-order valence-corrected chi connectivity index (χ4v) is 3.80. The minimum Gasteiger partial charge on any atom is -0.492 e. The van der Waals surface area contributed by atoms with Crippen LogP contribution in [0.1, 0.15) is 30.7 Å². The first-order valence-electron chi connectivity index (χ1n) is 10.3. The molecule has 0 aliphatic carbocycles. The van der Waals surface area contributed by atoms with E-state index in [0.29, 0.717) is 11.8 Å². The van der Waals surface area contributed by atoms with Crippen molar-refractivity contribution in [3.63, 3.8) is 0 Å². The summed E-state index contributed by atoms with van der Waals surface area (Å²) < 4.78 is 11.7. The lowest BCUT2D eigenvalue weighted by Gasteiger charge is -2.15. The van der Waals surface area contributed by atoms with E-state index in [1.54, 1.807) is 12.4 Å². The summed E-state index contributed by atoms with van der Waals surface area (Å²) in [4.78, 5) is 13.0.